The lowest BCUT2D eigenvalue weighted by Crippen LogP contribution is -2.41. The van der Waals surface area contributed by atoms with Crippen molar-refractivity contribution in [2.24, 2.45) is 5.92 Å². The highest BCUT2D eigenvalue weighted by Gasteiger charge is 2.34. The zero-order valence-corrected chi connectivity index (χ0v) is 15.1. The van der Waals surface area contributed by atoms with Crippen LogP contribution in [0.15, 0.2) is 48.5 Å². The lowest BCUT2D eigenvalue weighted by atomic mass is 10.0. The summed E-state index contributed by atoms with van der Waals surface area (Å²) in [6, 6.07) is 13.7. The number of nitrogens with zero attached hydrogens (tertiary/aromatic N) is 1. The first-order valence-corrected chi connectivity index (χ1v) is 8.89. The van der Waals surface area contributed by atoms with Crippen molar-refractivity contribution in [1.29, 1.82) is 0 Å². The number of halogens is 1. The minimum absolute atomic E-state index is 0.109. The number of hydrogen-bond acceptors (Lipinski definition) is 4. The Bertz CT molecular complexity index is 809. The molecular formula is C19H20ClN3O3. The molecule has 136 valence electrons. The Morgan fingerprint density at radius 2 is 1.92 bits per heavy atom. The molecule has 0 radical (unpaired) electrons. The molecule has 0 unspecified atom stereocenters. The Labute approximate surface area is 156 Å². The molecule has 2 aromatic carbocycles. The van der Waals surface area contributed by atoms with Gasteiger partial charge in [-0.2, -0.15) is 0 Å². The molecule has 1 amide bonds. The molecular weight excluding hydrogens is 354 g/mol. The molecule has 3 rings (SSSR count). The number of carbonyl (C=O) groups excluding carboxylic acids is 1. The molecule has 1 fully saturated rings. The van der Waals surface area contributed by atoms with E-state index in [9.17, 15) is 14.9 Å². The van der Waals surface area contributed by atoms with E-state index in [1.807, 2.05) is 18.2 Å². The molecule has 0 spiro atoms. The average molecular weight is 374 g/mol. The van der Waals surface area contributed by atoms with Gasteiger partial charge in [0, 0.05) is 18.2 Å². The second kappa shape index (κ2) is 7.85. The zero-order valence-electron chi connectivity index (χ0n) is 14.3. The molecule has 0 aromatic heterocycles. The van der Waals surface area contributed by atoms with E-state index in [2.05, 4.69) is 22.8 Å². The summed E-state index contributed by atoms with van der Waals surface area (Å²) in [5.74, 6) is 0.239. The number of carbonyl (C=O) groups is 1. The van der Waals surface area contributed by atoms with Gasteiger partial charge in [-0.3, -0.25) is 20.2 Å². The highest BCUT2D eigenvalue weighted by molar-refractivity contribution is 6.33. The zero-order chi connectivity index (χ0) is 18.7. The third-order valence-corrected chi connectivity index (χ3v) is 4.82. The summed E-state index contributed by atoms with van der Waals surface area (Å²) in [7, 11) is 0. The average Bonchev–Trinajstić information content (AvgIpc) is 3.46. The first-order chi connectivity index (χ1) is 12.5. The van der Waals surface area contributed by atoms with Gasteiger partial charge in [0.2, 0.25) is 5.91 Å². The maximum absolute atomic E-state index is 12.6. The monoisotopic (exact) mass is 373 g/mol. The first-order valence-electron chi connectivity index (χ1n) is 8.51. The number of benzene rings is 2. The van der Waals surface area contributed by atoms with Crippen LogP contribution < -0.4 is 10.6 Å². The highest BCUT2D eigenvalue weighted by Crippen LogP contribution is 2.41. The molecule has 1 aliphatic carbocycles. The van der Waals surface area contributed by atoms with Crippen LogP contribution in [-0.2, 0) is 4.79 Å². The predicted octanol–water partition coefficient (Wildman–Crippen LogP) is 4.32. The van der Waals surface area contributed by atoms with Crippen molar-refractivity contribution in [3.05, 3.63) is 69.2 Å². The second-order valence-electron chi connectivity index (χ2n) is 6.52. The summed E-state index contributed by atoms with van der Waals surface area (Å²) in [6.07, 6.45) is 2.27. The molecule has 6 nitrogen and oxygen atoms in total. The third kappa shape index (κ3) is 4.39. The second-order valence-corrected chi connectivity index (χ2v) is 6.93. The molecule has 2 aromatic rings. The summed E-state index contributed by atoms with van der Waals surface area (Å²) in [4.78, 5) is 22.9. The Morgan fingerprint density at radius 3 is 2.54 bits per heavy atom. The van der Waals surface area contributed by atoms with Gasteiger partial charge in [-0.1, -0.05) is 41.9 Å². The quantitative estimate of drug-likeness (QED) is 0.559. The maximum atomic E-state index is 12.6. The van der Waals surface area contributed by atoms with Crippen LogP contribution in [0.2, 0.25) is 5.02 Å². The van der Waals surface area contributed by atoms with Crippen LogP contribution in [0.5, 0.6) is 0 Å². The molecule has 26 heavy (non-hydrogen) atoms. The van der Waals surface area contributed by atoms with Crippen LogP contribution >= 0.6 is 11.6 Å². The van der Waals surface area contributed by atoms with Gasteiger partial charge in [-0.05, 0) is 37.3 Å². The van der Waals surface area contributed by atoms with Crippen LogP contribution in [0, 0.1) is 16.0 Å². The van der Waals surface area contributed by atoms with Crippen LogP contribution in [0.4, 0.5) is 11.4 Å². The van der Waals surface area contributed by atoms with Crippen LogP contribution in [0.25, 0.3) is 0 Å². The number of hydrogen-bond donors (Lipinski definition) is 2. The van der Waals surface area contributed by atoms with E-state index in [0.717, 1.165) is 18.4 Å². The van der Waals surface area contributed by atoms with E-state index in [1.165, 1.54) is 18.2 Å². The van der Waals surface area contributed by atoms with E-state index < -0.39 is 11.0 Å². The fraction of sp³-hybridized carbons (Fsp3) is 0.316. The SMILES string of the molecule is C[C@H](N[C@H](c1ccccc1)C1CC1)C(=O)Nc1cc([N+](=O)[O-])ccc1Cl. The van der Waals surface area contributed by atoms with Gasteiger partial charge < -0.3 is 5.32 Å². The fourth-order valence-corrected chi connectivity index (χ4v) is 3.07. The molecule has 2 atom stereocenters. The fourth-order valence-electron chi connectivity index (χ4n) is 2.90. The van der Waals surface area contributed by atoms with Crippen LogP contribution in [0.1, 0.15) is 31.4 Å². The third-order valence-electron chi connectivity index (χ3n) is 4.49. The van der Waals surface area contributed by atoms with Gasteiger partial charge in [0.1, 0.15) is 0 Å². The van der Waals surface area contributed by atoms with E-state index in [-0.39, 0.29) is 28.3 Å². The first kappa shape index (κ1) is 18.4. The molecule has 0 bridgehead atoms. The molecule has 7 heteroatoms. The van der Waals surface area contributed by atoms with Gasteiger partial charge in [0.05, 0.1) is 21.7 Å². The minimum Gasteiger partial charge on any atom is -0.323 e. The molecule has 0 aliphatic heterocycles. The normalized spacial score (nSPS) is 15.9. The standard InChI is InChI=1S/C19H20ClN3O3/c1-12(21-18(14-7-8-14)13-5-3-2-4-6-13)19(24)22-17-11-15(23(25)26)9-10-16(17)20/h2-6,9-12,14,18,21H,7-8H2,1H3,(H,22,24)/t12-,18+/m0/s1. The van der Waals surface area contributed by atoms with E-state index >= 15 is 0 Å². The van der Waals surface area contributed by atoms with Gasteiger partial charge in [-0.15, -0.1) is 0 Å². The minimum atomic E-state index is -0.522. The largest absolute Gasteiger partial charge is 0.323 e. The molecule has 0 heterocycles. The highest BCUT2D eigenvalue weighted by atomic mass is 35.5. The van der Waals surface area contributed by atoms with E-state index in [1.54, 1.807) is 6.92 Å². The van der Waals surface area contributed by atoms with Crippen molar-refractivity contribution >= 4 is 28.9 Å². The van der Waals surface area contributed by atoms with Crippen LogP contribution in [-0.4, -0.2) is 16.9 Å². The Balaban J connectivity index is 1.70. The lowest BCUT2D eigenvalue weighted by molar-refractivity contribution is -0.384. The lowest BCUT2D eigenvalue weighted by Gasteiger charge is -2.23. The Morgan fingerprint density at radius 1 is 1.23 bits per heavy atom. The number of nitro groups is 1. The summed E-state index contributed by atoms with van der Waals surface area (Å²) < 4.78 is 0. The topological polar surface area (TPSA) is 84.3 Å². The smallest absolute Gasteiger partial charge is 0.271 e. The molecule has 2 N–H and O–H groups in total. The van der Waals surface area contributed by atoms with Crippen molar-refractivity contribution in [3.63, 3.8) is 0 Å². The number of non-ortho nitro benzene ring substituents is 1. The summed E-state index contributed by atoms with van der Waals surface area (Å²) in [5, 5.41) is 17.2. The van der Waals surface area contributed by atoms with Gasteiger partial charge in [0.15, 0.2) is 0 Å². The summed E-state index contributed by atoms with van der Waals surface area (Å²) in [5.41, 5.74) is 1.27. The van der Waals surface area contributed by atoms with E-state index in [0.29, 0.717) is 5.92 Å². The number of nitro benzene ring substituents is 1. The van der Waals surface area contributed by atoms with Crippen molar-refractivity contribution in [2.75, 3.05) is 5.32 Å². The Kier molecular flexibility index (Phi) is 5.54. The van der Waals surface area contributed by atoms with Gasteiger partial charge >= 0.3 is 0 Å². The van der Waals surface area contributed by atoms with Crippen molar-refractivity contribution in [2.45, 2.75) is 31.8 Å². The van der Waals surface area contributed by atoms with Crippen molar-refractivity contribution in [1.82, 2.24) is 5.32 Å². The summed E-state index contributed by atoms with van der Waals surface area (Å²) in [6.45, 7) is 1.78. The predicted molar refractivity (Wildman–Crippen MR) is 101 cm³/mol. The van der Waals surface area contributed by atoms with Gasteiger partial charge in [-0.25, -0.2) is 0 Å². The molecule has 1 saturated carbocycles. The van der Waals surface area contributed by atoms with Gasteiger partial charge in [0.25, 0.3) is 5.69 Å². The number of anilines is 1. The number of amides is 1. The summed E-state index contributed by atoms with van der Waals surface area (Å²) >= 11 is 6.05. The van der Waals surface area contributed by atoms with Crippen LogP contribution in [0.3, 0.4) is 0 Å². The van der Waals surface area contributed by atoms with Crippen molar-refractivity contribution < 1.29 is 9.72 Å². The van der Waals surface area contributed by atoms with E-state index in [4.69, 9.17) is 11.6 Å². The van der Waals surface area contributed by atoms with Crippen molar-refractivity contribution in [3.8, 4) is 0 Å². The maximum Gasteiger partial charge on any atom is 0.271 e. The number of rotatable bonds is 7. The molecule has 1 aliphatic rings. The molecule has 0 saturated heterocycles. The Hall–Kier alpha value is -2.44. The number of nitrogens with one attached hydrogen (secondary N) is 2.